The highest BCUT2D eigenvalue weighted by molar-refractivity contribution is 7.88. The minimum Gasteiger partial charge on any atom is -0.323 e. The number of sulfonamides is 1. The van der Waals surface area contributed by atoms with Crippen LogP contribution in [0, 0.1) is 11.7 Å². The summed E-state index contributed by atoms with van der Waals surface area (Å²) in [5.74, 6) is -0.936. The number of rotatable bonds is 5. The summed E-state index contributed by atoms with van der Waals surface area (Å²) < 4.78 is 39.9. The lowest BCUT2D eigenvalue weighted by atomic mass is 9.99. The molecule has 0 spiro atoms. The van der Waals surface area contributed by atoms with Crippen molar-refractivity contribution in [1.29, 1.82) is 0 Å². The highest BCUT2D eigenvalue weighted by atomic mass is 32.2. The van der Waals surface area contributed by atoms with Crippen LogP contribution in [0.2, 0.25) is 0 Å². The van der Waals surface area contributed by atoms with Crippen LogP contribution in [0.1, 0.15) is 18.4 Å². The Morgan fingerprint density at radius 2 is 2.15 bits per heavy atom. The second kappa shape index (κ2) is 7.55. The maximum atomic E-state index is 13.7. The first-order valence-electron chi connectivity index (χ1n) is 8.35. The average molecular weight is 380 g/mol. The molecule has 7 nitrogen and oxygen atoms in total. The number of hydrogen-bond donors (Lipinski definition) is 1. The van der Waals surface area contributed by atoms with Gasteiger partial charge >= 0.3 is 0 Å². The van der Waals surface area contributed by atoms with Crippen molar-refractivity contribution in [3.63, 3.8) is 0 Å². The lowest BCUT2D eigenvalue weighted by molar-refractivity contribution is -0.120. The van der Waals surface area contributed by atoms with Gasteiger partial charge in [0.1, 0.15) is 5.82 Å². The first-order valence-corrected chi connectivity index (χ1v) is 10.2. The summed E-state index contributed by atoms with van der Waals surface area (Å²) in [7, 11) is -3.30. The summed E-state index contributed by atoms with van der Waals surface area (Å²) >= 11 is 0. The minimum absolute atomic E-state index is 0.189. The Morgan fingerprint density at radius 1 is 1.38 bits per heavy atom. The van der Waals surface area contributed by atoms with E-state index in [1.807, 2.05) is 0 Å². The first-order chi connectivity index (χ1) is 12.3. The second-order valence-corrected chi connectivity index (χ2v) is 8.45. The molecule has 26 heavy (non-hydrogen) atoms. The van der Waals surface area contributed by atoms with Gasteiger partial charge in [-0.2, -0.15) is 5.10 Å². The molecule has 1 amide bonds. The van der Waals surface area contributed by atoms with Gasteiger partial charge in [-0.15, -0.1) is 0 Å². The molecule has 0 radical (unpaired) electrons. The molecule has 1 saturated heterocycles. The third-order valence-electron chi connectivity index (χ3n) is 4.41. The quantitative estimate of drug-likeness (QED) is 0.855. The van der Waals surface area contributed by atoms with Crippen LogP contribution in [0.3, 0.4) is 0 Å². The molecule has 140 valence electrons. The fourth-order valence-electron chi connectivity index (χ4n) is 3.02. The monoisotopic (exact) mass is 380 g/mol. The maximum Gasteiger partial charge on any atom is 0.228 e. The molecule has 1 aliphatic heterocycles. The van der Waals surface area contributed by atoms with Crippen molar-refractivity contribution in [1.82, 2.24) is 14.1 Å². The Balaban J connectivity index is 1.62. The van der Waals surface area contributed by atoms with Crippen LogP contribution >= 0.6 is 0 Å². The normalized spacial score (nSPS) is 18.6. The number of aromatic nitrogens is 2. The zero-order chi connectivity index (χ0) is 18.7. The molecule has 1 aromatic heterocycles. The van der Waals surface area contributed by atoms with Gasteiger partial charge in [0, 0.05) is 24.8 Å². The van der Waals surface area contributed by atoms with Gasteiger partial charge in [0.05, 0.1) is 30.6 Å². The van der Waals surface area contributed by atoms with E-state index in [0.717, 1.165) is 6.26 Å². The third kappa shape index (κ3) is 4.47. The predicted octanol–water partition coefficient (Wildman–Crippen LogP) is 1.68. The van der Waals surface area contributed by atoms with Crippen LogP contribution in [0.5, 0.6) is 0 Å². The van der Waals surface area contributed by atoms with Crippen LogP contribution in [0.15, 0.2) is 36.7 Å². The van der Waals surface area contributed by atoms with Crippen molar-refractivity contribution in [3.05, 3.63) is 48.0 Å². The third-order valence-corrected chi connectivity index (χ3v) is 5.68. The number of nitrogens with zero attached hydrogens (tertiary/aromatic N) is 3. The Kier molecular flexibility index (Phi) is 5.38. The van der Waals surface area contributed by atoms with Gasteiger partial charge in [-0.1, -0.05) is 18.2 Å². The van der Waals surface area contributed by atoms with Crippen molar-refractivity contribution in [2.45, 2.75) is 19.4 Å². The van der Waals surface area contributed by atoms with Crippen molar-refractivity contribution in [2.24, 2.45) is 5.92 Å². The van der Waals surface area contributed by atoms with Crippen LogP contribution in [-0.2, 0) is 21.4 Å². The van der Waals surface area contributed by atoms with E-state index in [2.05, 4.69) is 10.4 Å². The SMILES string of the molecule is CS(=O)(=O)N1CCCC(C(=O)Nc2cnn(Cc3ccccc3F)c2)C1. The lowest BCUT2D eigenvalue weighted by Gasteiger charge is -2.29. The molecule has 9 heteroatoms. The number of piperidine rings is 1. The molecule has 1 atom stereocenters. The zero-order valence-electron chi connectivity index (χ0n) is 14.4. The molecule has 3 rings (SSSR count). The highest BCUT2D eigenvalue weighted by Gasteiger charge is 2.30. The van der Waals surface area contributed by atoms with Crippen molar-refractivity contribution < 1.29 is 17.6 Å². The van der Waals surface area contributed by atoms with E-state index in [1.54, 1.807) is 24.4 Å². The molecule has 1 fully saturated rings. The molecule has 0 aliphatic carbocycles. The van der Waals surface area contributed by atoms with Gasteiger partial charge in [-0.05, 0) is 18.9 Å². The minimum atomic E-state index is -3.30. The summed E-state index contributed by atoms with van der Waals surface area (Å²) in [6, 6.07) is 6.44. The van der Waals surface area contributed by atoms with Gasteiger partial charge < -0.3 is 5.32 Å². The number of amides is 1. The van der Waals surface area contributed by atoms with E-state index in [9.17, 15) is 17.6 Å². The van der Waals surface area contributed by atoms with Crippen LogP contribution in [-0.4, -0.2) is 47.8 Å². The Hall–Kier alpha value is -2.26. The zero-order valence-corrected chi connectivity index (χ0v) is 15.2. The average Bonchev–Trinajstić information content (AvgIpc) is 3.03. The number of carbonyl (C=O) groups excluding carboxylic acids is 1. The van der Waals surface area contributed by atoms with Crippen molar-refractivity contribution >= 4 is 21.6 Å². The summed E-state index contributed by atoms with van der Waals surface area (Å²) in [5.41, 5.74) is 1.01. The summed E-state index contributed by atoms with van der Waals surface area (Å²) in [6.45, 7) is 0.894. The van der Waals surface area contributed by atoms with Crippen LogP contribution < -0.4 is 5.32 Å². The second-order valence-electron chi connectivity index (χ2n) is 6.47. The number of halogens is 1. The van der Waals surface area contributed by atoms with Crippen LogP contribution in [0.25, 0.3) is 0 Å². The van der Waals surface area contributed by atoms with Crippen molar-refractivity contribution in [3.8, 4) is 0 Å². The fraction of sp³-hybridized carbons (Fsp3) is 0.412. The summed E-state index contributed by atoms with van der Waals surface area (Å²) in [6.07, 6.45) is 5.57. The number of hydrogen-bond acceptors (Lipinski definition) is 4. The van der Waals surface area contributed by atoms with Gasteiger partial charge in [0.15, 0.2) is 0 Å². The Morgan fingerprint density at radius 3 is 2.88 bits per heavy atom. The molecule has 2 heterocycles. The number of benzene rings is 1. The van der Waals surface area contributed by atoms with E-state index in [-0.39, 0.29) is 24.8 Å². The molecule has 1 unspecified atom stereocenters. The maximum absolute atomic E-state index is 13.7. The molecule has 2 aromatic rings. The number of nitrogens with one attached hydrogen (secondary N) is 1. The van der Waals surface area contributed by atoms with Crippen LogP contribution in [0.4, 0.5) is 10.1 Å². The van der Waals surface area contributed by atoms with E-state index in [1.165, 1.54) is 21.3 Å². The standard InChI is InChI=1S/C17H21FN4O3S/c1-26(24,25)22-8-4-6-14(11-22)17(23)20-15-9-19-21(12-15)10-13-5-2-3-7-16(13)18/h2-3,5,7,9,12,14H,4,6,8,10-11H2,1H3,(H,20,23). The smallest absolute Gasteiger partial charge is 0.228 e. The molecular weight excluding hydrogens is 359 g/mol. The lowest BCUT2D eigenvalue weighted by Crippen LogP contribution is -2.43. The van der Waals surface area contributed by atoms with Gasteiger partial charge in [-0.3, -0.25) is 9.48 Å². The molecule has 1 N–H and O–H groups in total. The van der Waals surface area contributed by atoms with Gasteiger partial charge in [-0.25, -0.2) is 17.1 Å². The Bertz CT molecular complexity index is 897. The predicted molar refractivity (Wildman–Crippen MR) is 95.5 cm³/mol. The Labute approximate surface area is 151 Å². The molecule has 0 bridgehead atoms. The van der Waals surface area contributed by atoms with E-state index in [0.29, 0.717) is 30.6 Å². The van der Waals surface area contributed by atoms with Gasteiger partial charge in [0.25, 0.3) is 0 Å². The van der Waals surface area contributed by atoms with E-state index in [4.69, 9.17) is 0 Å². The summed E-state index contributed by atoms with van der Waals surface area (Å²) in [5, 5.41) is 6.90. The topological polar surface area (TPSA) is 84.3 Å². The number of anilines is 1. The fourth-order valence-corrected chi connectivity index (χ4v) is 3.93. The molecular formula is C17H21FN4O3S. The van der Waals surface area contributed by atoms with E-state index < -0.39 is 15.9 Å². The molecule has 0 saturated carbocycles. The first kappa shape index (κ1) is 18.5. The number of carbonyl (C=O) groups is 1. The van der Waals surface area contributed by atoms with E-state index >= 15 is 0 Å². The summed E-state index contributed by atoms with van der Waals surface area (Å²) in [4.78, 5) is 12.4. The molecule has 1 aromatic carbocycles. The van der Waals surface area contributed by atoms with Gasteiger partial charge in [0.2, 0.25) is 15.9 Å². The molecule has 1 aliphatic rings. The highest BCUT2D eigenvalue weighted by Crippen LogP contribution is 2.20. The van der Waals surface area contributed by atoms with Crippen molar-refractivity contribution in [2.75, 3.05) is 24.7 Å². The largest absolute Gasteiger partial charge is 0.323 e.